The summed E-state index contributed by atoms with van der Waals surface area (Å²) >= 11 is 0. The van der Waals surface area contributed by atoms with Crippen molar-refractivity contribution in [3.05, 3.63) is 0 Å². The van der Waals surface area contributed by atoms with E-state index in [4.69, 9.17) is 4.74 Å². The van der Waals surface area contributed by atoms with Crippen LogP contribution in [-0.4, -0.2) is 19.2 Å². The molecule has 0 spiro atoms. The molecule has 0 heterocycles. The van der Waals surface area contributed by atoms with E-state index in [9.17, 15) is 4.79 Å². The summed E-state index contributed by atoms with van der Waals surface area (Å²) in [7, 11) is 0. The summed E-state index contributed by atoms with van der Waals surface area (Å²) < 4.78 is 4.85. The molecule has 0 bridgehead atoms. The third-order valence-corrected chi connectivity index (χ3v) is 7.08. The monoisotopic (exact) mass is 481 g/mol. The highest BCUT2D eigenvalue weighted by molar-refractivity contribution is 5.66. The number of amides is 1. The van der Waals surface area contributed by atoms with E-state index < -0.39 is 0 Å². The second-order valence-electron chi connectivity index (χ2n) is 10.5. The molecule has 0 saturated carbocycles. The fourth-order valence-electron chi connectivity index (χ4n) is 4.81. The first-order valence-electron chi connectivity index (χ1n) is 15.7. The van der Waals surface area contributed by atoms with E-state index in [1.165, 1.54) is 161 Å². The van der Waals surface area contributed by atoms with Crippen molar-refractivity contribution in [2.24, 2.45) is 0 Å². The van der Waals surface area contributed by atoms with Crippen LogP contribution in [0.4, 0.5) is 4.79 Å². The Hall–Kier alpha value is -0.730. The van der Waals surface area contributed by atoms with Gasteiger partial charge in [-0.15, -0.1) is 0 Å². The van der Waals surface area contributed by atoms with Crippen LogP contribution in [-0.2, 0) is 4.74 Å². The third kappa shape index (κ3) is 29.3. The lowest BCUT2D eigenvalue weighted by atomic mass is 10.0. The minimum absolute atomic E-state index is 0.276. The fraction of sp³-hybridized carbons (Fsp3) is 0.968. The fourth-order valence-corrected chi connectivity index (χ4v) is 4.81. The molecule has 1 N–H and O–H groups in total. The highest BCUT2D eigenvalue weighted by Crippen LogP contribution is 2.15. The standard InChI is InChI=1S/C31H63NO2/c1-3-5-6-7-8-9-10-11-12-13-14-15-16-17-18-19-20-21-22-23-24-25-26-27-28-29-30-32-31(33)34-4-2/h3-30H2,1-2H3,(H,32,33). The van der Waals surface area contributed by atoms with Crippen molar-refractivity contribution in [3.8, 4) is 0 Å². The quantitative estimate of drug-likeness (QED) is 0.113. The maximum absolute atomic E-state index is 11.2. The predicted molar refractivity (Wildman–Crippen MR) is 151 cm³/mol. The Kier molecular flexibility index (Phi) is 29.7. The average Bonchev–Trinajstić information content (AvgIpc) is 2.83. The number of hydrogen-bond acceptors (Lipinski definition) is 2. The van der Waals surface area contributed by atoms with E-state index in [1.807, 2.05) is 6.92 Å². The highest BCUT2D eigenvalue weighted by atomic mass is 16.5. The Bertz CT molecular complexity index is 386. The third-order valence-electron chi connectivity index (χ3n) is 7.08. The molecule has 0 atom stereocenters. The van der Waals surface area contributed by atoms with Gasteiger partial charge in [0.05, 0.1) is 6.61 Å². The van der Waals surface area contributed by atoms with Gasteiger partial charge in [0.25, 0.3) is 0 Å². The van der Waals surface area contributed by atoms with Crippen LogP contribution in [0.5, 0.6) is 0 Å². The van der Waals surface area contributed by atoms with E-state index in [0.29, 0.717) is 6.61 Å². The van der Waals surface area contributed by atoms with Gasteiger partial charge < -0.3 is 10.1 Å². The van der Waals surface area contributed by atoms with Crippen LogP contribution in [0, 0.1) is 0 Å². The van der Waals surface area contributed by atoms with Crippen molar-refractivity contribution in [1.29, 1.82) is 0 Å². The lowest BCUT2D eigenvalue weighted by molar-refractivity contribution is 0.152. The zero-order chi connectivity index (χ0) is 24.8. The van der Waals surface area contributed by atoms with Crippen molar-refractivity contribution in [1.82, 2.24) is 5.32 Å². The summed E-state index contributed by atoms with van der Waals surface area (Å²) in [5.41, 5.74) is 0. The number of rotatable bonds is 28. The van der Waals surface area contributed by atoms with E-state index in [1.54, 1.807) is 0 Å². The number of carbonyl (C=O) groups excluding carboxylic acids is 1. The highest BCUT2D eigenvalue weighted by Gasteiger charge is 1.99. The Morgan fingerprint density at radius 3 is 0.971 bits per heavy atom. The van der Waals surface area contributed by atoms with Crippen LogP contribution >= 0.6 is 0 Å². The zero-order valence-corrected chi connectivity index (χ0v) is 23.6. The van der Waals surface area contributed by atoms with Crippen LogP contribution in [0.15, 0.2) is 0 Å². The first kappa shape index (κ1) is 33.3. The Morgan fingerprint density at radius 2 is 0.706 bits per heavy atom. The van der Waals surface area contributed by atoms with Crippen LogP contribution in [0.25, 0.3) is 0 Å². The molecule has 0 unspecified atom stereocenters. The Labute approximate surface area is 215 Å². The van der Waals surface area contributed by atoms with Crippen LogP contribution in [0.3, 0.4) is 0 Å². The van der Waals surface area contributed by atoms with E-state index in [-0.39, 0.29) is 6.09 Å². The summed E-state index contributed by atoms with van der Waals surface area (Å²) in [5, 5.41) is 2.79. The van der Waals surface area contributed by atoms with Crippen LogP contribution in [0.2, 0.25) is 0 Å². The van der Waals surface area contributed by atoms with Crippen molar-refractivity contribution in [3.63, 3.8) is 0 Å². The van der Waals surface area contributed by atoms with Gasteiger partial charge in [-0.05, 0) is 13.3 Å². The zero-order valence-electron chi connectivity index (χ0n) is 23.6. The number of ether oxygens (including phenoxy) is 1. The van der Waals surface area contributed by atoms with Gasteiger partial charge in [-0.2, -0.15) is 0 Å². The molecular formula is C31H63NO2. The normalized spacial score (nSPS) is 11.1. The lowest BCUT2D eigenvalue weighted by Crippen LogP contribution is -2.25. The average molecular weight is 482 g/mol. The molecule has 0 rings (SSSR count). The molecule has 3 nitrogen and oxygen atoms in total. The number of alkyl carbamates (subject to hydrolysis) is 1. The molecule has 34 heavy (non-hydrogen) atoms. The minimum atomic E-state index is -0.276. The summed E-state index contributed by atoms with van der Waals surface area (Å²) in [5.74, 6) is 0. The SMILES string of the molecule is CCCCCCCCCCCCCCCCCCCCCCCCCCCCNC(=O)OCC. The summed E-state index contributed by atoms with van der Waals surface area (Å²) in [4.78, 5) is 11.2. The van der Waals surface area contributed by atoms with Crippen molar-refractivity contribution in [2.45, 2.75) is 181 Å². The summed E-state index contributed by atoms with van der Waals surface area (Å²) in [6, 6.07) is 0. The molecule has 0 aliphatic rings. The van der Waals surface area contributed by atoms with Gasteiger partial charge in [0, 0.05) is 6.54 Å². The van der Waals surface area contributed by atoms with Gasteiger partial charge in [-0.1, -0.05) is 167 Å². The van der Waals surface area contributed by atoms with Gasteiger partial charge >= 0.3 is 6.09 Å². The summed E-state index contributed by atoms with van der Waals surface area (Å²) in [6.45, 7) is 5.33. The van der Waals surface area contributed by atoms with Gasteiger partial charge in [-0.3, -0.25) is 0 Å². The molecule has 0 aromatic heterocycles. The van der Waals surface area contributed by atoms with E-state index >= 15 is 0 Å². The van der Waals surface area contributed by atoms with E-state index in [0.717, 1.165) is 13.0 Å². The van der Waals surface area contributed by atoms with Crippen molar-refractivity contribution < 1.29 is 9.53 Å². The smallest absolute Gasteiger partial charge is 0.407 e. The molecule has 0 aliphatic carbocycles. The second-order valence-corrected chi connectivity index (χ2v) is 10.5. The van der Waals surface area contributed by atoms with Gasteiger partial charge in [-0.25, -0.2) is 4.79 Å². The van der Waals surface area contributed by atoms with Crippen LogP contribution in [0.1, 0.15) is 181 Å². The molecular weight excluding hydrogens is 418 g/mol. The minimum Gasteiger partial charge on any atom is -0.450 e. The molecule has 0 radical (unpaired) electrons. The van der Waals surface area contributed by atoms with Crippen molar-refractivity contribution >= 4 is 6.09 Å². The first-order chi connectivity index (χ1) is 16.8. The largest absolute Gasteiger partial charge is 0.450 e. The second kappa shape index (κ2) is 30.3. The Balaban J connectivity index is 3.03. The van der Waals surface area contributed by atoms with Crippen LogP contribution < -0.4 is 5.32 Å². The molecule has 0 fully saturated rings. The maximum Gasteiger partial charge on any atom is 0.407 e. The molecule has 0 aliphatic heterocycles. The molecule has 0 aromatic rings. The number of hydrogen-bond donors (Lipinski definition) is 1. The molecule has 3 heteroatoms. The number of nitrogens with one attached hydrogen (secondary N) is 1. The Morgan fingerprint density at radius 1 is 0.441 bits per heavy atom. The molecule has 0 aromatic carbocycles. The van der Waals surface area contributed by atoms with Crippen molar-refractivity contribution in [2.75, 3.05) is 13.2 Å². The van der Waals surface area contributed by atoms with Gasteiger partial charge in [0.1, 0.15) is 0 Å². The number of unbranched alkanes of at least 4 members (excludes halogenated alkanes) is 25. The molecule has 1 amide bonds. The topological polar surface area (TPSA) is 38.3 Å². The lowest BCUT2D eigenvalue weighted by Gasteiger charge is -2.05. The van der Waals surface area contributed by atoms with E-state index in [2.05, 4.69) is 12.2 Å². The number of carbonyl (C=O) groups is 1. The maximum atomic E-state index is 11.2. The van der Waals surface area contributed by atoms with Gasteiger partial charge in [0.2, 0.25) is 0 Å². The molecule has 204 valence electrons. The van der Waals surface area contributed by atoms with Gasteiger partial charge in [0.15, 0.2) is 0 Å². The molecule has 0 saturated heterocycles. The first-order valence-corrected chi connectivity index (χ1v) is 15.7. The summed E-state index contributed by atoms with van der Waals surface area (Å²) in [6.07, 6.45) is 36.5. The predicted octanol–water partition coefficient (Wildman–Crippen LogP) is 10.9.